The Balaban J connectivity index is 0.000000104. The summed E-state index contributed by atoms with van der Waals surface area (Å²) in [5.74, 6) is 2.26. The van der Waals surface area contributed by atoms with Crippen molar-refractivity contribution in [3.63, 3.8) is 0 Å². The molecule has 0 atom stereocenters. The Morgan fingerprint density at radius 1 is 0.508 bits per heavy atom. The van der Waals surface area contributed by atoms with Crippen molar-refractivity contribution in [3.8, 4) is 39.5 Å². The van der Waals surface area contributed by atoms with Crippen LogP contribution in [0.2, 0.25) is 0 Å². The Labute approximate surface area is 360 Å². The number of rotatable bonds is 2. The smallest absolute Gasteiger partial charge is 0.119 e. The minimum absolute atomic E-state index is 0.384. The summed E-state index contributed by atoms with van der Waals surface area (Å²) in [6, 6.07) is 31.3. The minimum atomic E-state index is 0.384. The Hall–Kier alpha value is -6.53. The zero-order chi connectivity index (χ0) is 42.2. The molecule has 6 heteroatoms. The number of dihydropyridines is 1. The molecule has 0 fully saturated rings. The molecule has 306 valence electrons. The number of methoxy groups -OCH3 is 2. The molecule has 4 aromatic carbocycles. The number of phenols is 1. The molecule has 6 aliphatic rings. The van der Waals surface area contributed by atoms with Gasteiger partial charge in [-0.25, -0.2) is 0 Å². The van der Waals surface area contributed by atoms with Gasteiger partial charge in [0.15, 0.2) is 0 Å². The SMILES string of the molecule is CC1=CCCC2=C1Cc1cc(O)ccc12.COc1ccc2c(c1)CC1=C2CCN=C1C.COc1ccc2c(c1)Cc1c-2ccnc1C.Cc1nccc2c1Cc1ccccc1-2. The first-order valence-corrected chi connectivity index (χ1v) is 21.5. The highest BCUT2D eigenvalue weighted by molar-refractivity contribution is 6.08. The van der Waals surface area contributed by atoms with Crippen molar-refractivity contribution in [2.45, 2.75) is 72.6 Å². The number of phenolic OH excluding ortho intramolecular Hbond substituents is 1. The maximum Gasteiger partial charge on any atom is 0.119 e. The van der Waals surface area contributed by atoms with Gasteiger partial charge in [0.25, 0.3) is 0 Å². The van der Waals surface area contributed by atoms with Gasteiger partial charge in [0, 0.05) is 55.3 Å². The molecule has 0 radical (unpaired) electrons. The topological polar surface area (TPSA) is 76.8 Å². The average Bonchev–Trinajstić information content (AvgIpc) is 4.06. The first-order valence-electron chi connectivity index (χ1n) is 21.5. The Kier molecular flexibility index (Phi) is 11.0. The predicted molar refractivity (Wildman–Crippen MR) is 249 cm³/mol. The van der Waals surface area contributed by atoms with E-state index in [1.54, 1.807) is 20.3 Å². The lowest BCUT2D eigenvalue weighted by Gasteiger charge is -2.13. The molecule has 0 spiro atoms. The van der Waals surface area contributed by atoms with Crippen LogP contribution in [0.25, 0.3) is 33.4 Å². The lowest BCUT2D eigenvalue weighted by molar-refractivity contribution is 0.414. The quantitative estimate of drug-likeness (QED) is 0.188. The second-order valence-electron chi connectivity index (χ2n) is 16.7. The van der Waals surface area contributed by atoms with E-state index in [1.165, 1.54) is 106 Å². The van der Waals surface area contributed by atoms with Gasteiger partial charge in [0.2, 0.25) is 0 Å². The molecule has 6 aromatic rings. The van der Waals surface area contributed by atoms with Gasteiger partial charge in [-0.3, -0.25) is 15.0 Å². The number of fused-ring (bicyclic) bond motifs is 10. The molecule has 0 unspecified atom stereocenters. The second kappa shape index (κ2) is 16.8. The first-order chi connectivity index (χ1) is 29.7. The standard InChI is InChI=1S/C14H15NO.C14H13NO.C14H14O.C13H11N/c2*1-9-14-8-10-7-11(16-2)3-4-12(10)13(14)5-6-15-9;1-9-3-2-4-13-12-6-5-11(15)7-10(12)8-14(9)13;1-9-13-8-10-4-2-3-5-11(10)12(13)6-7-14-9/h3-4,7H,5-6,8H2,1-2H3;3-7H,8H2,1-2H3;3,5-7,15H,2,4,8H2,1H3;2-7H,8H2,1H3. The number of pyridine rings is 2. The van der Waals surface area contributed by atoms with Crippen LogP contribution in [0.3, 0.4) is 0 Å². The number of hydrogen-bond donors (Lipinski definition) is 1. The van der Waals surface area contributed by atoms with Crippen LogP contribution in [0.4, 0.5) is 0 Å². The molecule has 0 saturated heterocycles. The van der Waals surface area contributed by atoms with Crippen LogP contribution >= 0.6 is 0 Å². The molecule has 3 heterocycles. The maximum atomic E-state index is 9.46. The molecular weight excluding hydrogens is 751 g/mol. The van der Waals surface area contributed by atoms with E-state index >= 15 is 0 Å². The van der Waals surface area contributed by atoms with Crippen LogP contribution < -0.4 is 9.47 Å². The summed E-state index contributed by atoms with van der Waals surface area (Å²) in [5, 5.41) is 9.46. The average molecular weight is 804 g/mol. The minimum Gasteiger partial charge on any atom is -0.508 e. The Bertz CT molecular complexity index is 2840. The van der Waals surface area contributed by atoms with Crippen LogP contribution in [-0.2, 0) is 25.7 Å². The van der Waals surface area contributed by atoms with Crippen LogP contribution in [0.5, 0.6) is 17.2 Å². The Morgan fingerprint density at radius 3 is 1.75 bits per heavy atom. The summed E-state index contributed by atoms with van der Waals surface area (Å²) < 4.78 is 10.5. The highest BCUT2D eigenvalue weighted by atomic mass is 16.5. The third kappa shape index (κ3) is 7.72. The van der Waals surface area contributed by atoms with Gasteiger partial charge in [-0.2, -0.15) is 0 Å². The predicted octanol–water partition coefficient (Wildman–Crippen LogP) is 12.2. The summed E-state index contributed by atoms with van der Waals surface area (Å²) in [7, 11) is 3.42. The van der Waals surface area contributed by atoms with E-state index in [0.717, 1.165) is 68.7 Å². The van der Waals surface area contributed by atoms with Crippen LogP contribution in [-0.4, -0.2) is 41.6 Å². The van der Waals surface area contributed by atoms with Gasteiger partial charge >= 0.3 is 0 Å². The summed E-state index contributed by atoms with van der Waals surface area (Å²) in [6.45, 7) is 9.42. The van der Waals surface area contributed by atoms with Crippen LogP contribution in [0.15, 0.2) is 131 Å². The van der Waals surface area contributed by atoms with Gasteiger partial charge in [-0.15, -0.1) is 0 Å². The van der Waals surface area contributed by atoms with E-state index in [9.17, 15) is 5.11 Å². The largest absolute Gasteiger partial charge is 0.508 e. The summed E-state index contributed by atoms with van der Waals surface area (Å²) in [6.07, 6.45) is 13.6. The van der Waals surface area contributed by atoms with Crippen molar-refractivity contribution in [2.24, 2.45) is 4.99 Å². The zero-order valence-corrected chi connectivity index (χ0v) is 36.2. The molecule has 1 aliphatic heterocycles. The molecule has 12 rings (SSSR count). The molecular formula is C55H53N3O3. The van der Waals surface area contributed by atoms with Crippen molar-refractivity contribution < 1.29 is 14.6 Å². The first kappa shape index (κ1) is 39.9. The van der Waals surface area contributed by atoms with Crippen molar-refractivity contribution in [3.05, 3.63) is 182 Å². The highest BCUT2D eigenvalue weighted by Gasteiger charge is 2.26. The van der Waals surface area contributed by atoms with E-state index in [1.807, 2.05) is 24.5 Å². The molecule has 5 aliphatic carbocycles. The number of aliphatic imine (C=N–C) groups is 1. The fourth-order valence-electron chi connectivity index (χ4n) is 9.93. The van der Waals surface area contributed by atoms with Gasteiger partial charge < -0.3 is 14.6 Å². The van der Waals surface area contributed by atoms with Gasteiger partial charge in [0.1, 0.15) is 17.2 Å². The monoisotopic (exact) mass is 803 g/mol. The molecule has 6 nitrogen and oxygen atoms in total. The number of nitrogens with zero attached hydrogens (tertiary/aromatic N) is 3. The van der Waals surface area contributed by atoms with Crippen molar-refractivity contribution in [1.82, 2.24) is 9.97 Å². The lowest BCUT2D eigenvalue weighted by Crippen LogP contribution is -2.05. The summed E-state index contributed by atoms with van der Waals surface area (Å²) in [4.78, 5) is 13.2. The highest BCUT2D eigenvalue weighted by Crippen LogP contribution is 2.43. The number of hydrogen-bond acceptors (Lipinski definition) is 6. The molecule has 0 amide bonds. The fourth-order valence-corrected chi connectivity index (χ4v) is 9.93. The van der Waals surface area contributed by atoms with Crippen LogP contribution in [0, 0.1) is 13.8 Å². The Morgan fingerprint density at radius 2 is 1.07 bits per heavy atom. The molecule has 1 N–H and O–H groups in total. The van der Waals surface area contributed by atoms with Gasteiger partial charge in [-0.1, -0.05) is 54.1 Å². The van der Waals surface area contributed by atoms with E-state index < -0.39 is 0 Å². The fraction of sp³-hybridized carbons (Fsp3) is 0.255. The molecule has 2 aromatic heterocycles. The van der Waals surface area contributed by atoms with E-state index in [0.29, 0.717) is 5.75 Å². The number of aromatic nitrogens is 2. The normalized spacial score (nSPS) is 15.3. The number of benzene rings is 4. The third-order valence-electron chi connectivity index (χ3n) is 13.2. The number of allylic oxidation sites excluding steroid dienone is 5. The van der Waals surface area contributed by atoms with Crippen LogP contribution in [0.1, 0.15) is 89.0 Å². The van der Waals surface area contributed by atoms with Crippen molar-refractivity contribution >= 4 is 16.9 Å². The number of aryl methyl sites for hydroxylation is 2. The van der Waals surface area contributed by atoms with Gasteiger partial charge in [-0.05, 0) is 191 Å². The van der Waals surface area contributed by atoms with Gasteiger partial charge in [0.05, 0.1) is 14.2 Å². The molecule has 0 bridgehead atoms. The maximum absolute atomic E-state index is 9.46. The van der Waals surface area contributed by atoms with Crippen molar-refractivity contribution in [1.29, 1.82) is 0 Å². The summed E-state index contributed by atoms with van der Waals surface area (Å²) >= 11 is 0. The van der Waals surface area contributed by atoms with Crippen molar-refractivity contribution in [2.75, 3.05) is 20.8 Å². The van der Waals surface area contributed by atoms with E-state index in [2.05, 4.69) is 122 Å². The van der Waals surface area contributed by atoms with E-state index in [-0.39, 0.29) is 0 Å². The summed E-state index contributed by atoms with van der Waals surface area (Å²) in [5.41, 5.74) is 27.2. The lowest BCUT2D eigenvalue weighted by atomic mass is 9.92. The third-order valence-corrected chi connectivity index (χ3v) is 13.2. The molecule has 61 heavy (non-hydrogen) atoms. The number of aromatic hydroxyl groups is 1. The second-order valence-corrected chi connectivity index (χ2v) is 16.7. The number of ether oxygens (including phenoxy) is 2. The zero-order valence-electron chi connectivity index (χ0n) is 36.2. The van der Waals surface area contributed by atoms with E-state index in [4.69, 9.17) is 9.47 Å². The molecule has 0 saturated carbocycles.